The summed E-state index contributed by atoms with van der Waals surface area (Å²) >= 11 is 5.97. The molecule has 1 heterocycles. The number of halogens is 1. The summed E-state index contributed by atoms with van der Waals surface area (Å²) in [5.74, 6) is -0.325. The lowest BCUT2D eigenvalue weighted by Gasteiger charge is -2.07. The molecule has 5 nitrogen and oxygen atoms in total. The highest BCUT2D eigenvalue weighted by Crippen LogP contribution is 2.20. The predicted molar refractivity (Wildman–Crippen MR) is 70.6 cm³/mol. The first-order valence-electron chi connectivity index (χ1n) is 5.22. The Bertz CT molecular complexity index is 600. The van der Waals surface area contributed by atoms with Gasteiger partial charge >= 0.3 is 0 Å². The first-order chi connectivity index (χ1) is 8.58. The number of carbonyl (C=O) groups excluding carboxylic acids is 1. The third-order valence-electron chi connectivity index (χ3n) is 2.37. The lowest BCUT2D eigenvalue weighted by atomic mass is 10.2. The smallest absolute Gasteiger partial charge is 0.278 e. The van der Waals surface area contributed by atoms with Crippen LogP contribution in [-0.2, 0) is 0 Å². The molecule has 0 aliphatic carbocycles. The Morgan fingerprint density at radius 2 is 2.06 bits per heavy atom. The molecule has 2 aromatic rings. The summed E-state index contributed by atoms with van der Waals surface area (Å²) in [6.07, 6.45) is 2.84. The molecule has 1 aromatic carbocycles. The van der Waals surface area contributed by atoms with Crippen LogP contribution >= 0.6 is 11.6 Å². The number of hydrogen-bond acceptors (Lipinski definition) is 4. The molecule has 0 saturated carbocycles. The van der Waals surface area contributed by atoms with Crippen LogP contribution < -0.4 is 11.1 Å². The standard InChI is InChI=1S/C12H11ClN4O/c1-7-2-3-8(6-9(7)13)17-12(18)10-11(14)16-5-4-15-10/h2-6H,1H3,(H2,14,16)(H,17,18). The molecule has 92 valence electrons. The predicted octanol–water partition coefficient (Wildman–Crippen LogP) is 2.27. The molecule has 3 N–H and O–H groups in total. The normalized spacial score (nSPS) is 10.1. The molecule has 0 spiro atoms. The van der Waals surface area contributed by atoms with E-state index in [0.717, 1.165) is 5.56 Å². The number of rotatable bonds is 2. The summed E-state index contributed by atoms with van der Waals surface area (Å²) in [7, 11) is 0. The minimum atomic E-state index is -0.416. The van der Waals surface area contributed by atoms with E-state index in [0.29, 0.717) is 10.7 Å². The number of hydrogen-bond donors (Lipinski definition) is 2. The molecule has 0 fully saturated rings. The van der Waals surface area contributed by atoms with Crippen LogP contribution in [0.25, 0.3) is 0 Å². The maximum atomic E-state index is 11.9. The van der Waals surface area contributed by atoms with Gasteiger partial charge in [-0.05, 0) is 24.6 Å². The van der Waals surface area contributed by atoms with Gasteiger partial charge in [0.2, 0.25) is 0 Å². The SMILES string of the molecule is Cc1ccc(NC(=O)c2nccnc2N)cc1Cl. The summed E-state index contributed by atoms with van der Waals surface area (Å²) in [4.78, 5) is 19.6. The molecule has 6 heteroatoms. The van der Waals surface area contributed by atoms with Crippen molar-refractivity contribution < 1.29 is 4.79 Å². The second-order valence-electron chi connectivity index (χ2n) is 3.71. The van der Waals surface area contributed by atoms with Gasteiger partial charge in [0.05, 0.1) is 0 Å². The highest BCUT2D eigenvalue weighted by Gasteiger charge is 2.12. The Kier molecular flexibility index (Phi) is 3.43. The van der Waals surface area contributed by atoms with Crippen LogP contribution in [-0.4, -0.2) is 15.9 Å². The van der Waals surface area contributed by atoms with Crippen molar-refractivity contribution in [3.63, 3.8) is 0 Å². The van der Waals surface area contributed by atoms with Gasteiger partial charge in [0.1, 0.15) is 0 Å². The van der Waals surface area contributed by atoms with E-state index in [9.17, 15) is 4.79 Å². The van der Waals surface area contributed by atoms with Gasteiger partial charge in [-0.15, -0.1) is 0 Å². The van der Waals surface area contributed by atoms with E-state index in [1.807, 2.05) is 13.0 Å². The zero-order valence-electron chi connectivity index (χ0n) is 9.64. The number of nitrogens with one attached hydrogen (secondary N) is 1. The number of nitrogen functional groups attached to an aromatic ring is 1. The fourth-order valence-electron chi connectivity index (χ4n) is 1.38. The van der Waals surface area contributed by atoms with Crippen LogP contribution in [0.3, 0.4) is 0 Å². The lowest BCUT2D eigenvalue weighted by molar-refractivity contribution is 0.102. The molecular formula is C12H11ClN4O. The largest absolute Gasteiger partial charge is 0.382 e. The topological polar surface area (TPSA) is 80.9 Å². The maximum Gasteiger partial charge on any atom is 0.278 e. The molecule has 0 aliphatic rings. The molecule has 2 rings (SSSR count). The van der Waals surface area contributed by atoms with Crippen molar-refractivity contribution in [2.45, 2.75) is 6.92 Å². The van der Waals surface area contributed by atoms with E-state index in [-0.39, 0.29) is 11.5 Å². The fraction of sp³-hybridized carbons (Fsp3) is 0.0833. The first-order valence-corrected chi connectivity index (χ1v) is 5.59. The minimum absolute atomic E-state index is 0.0909. The van der Waals surface area contributed by atoms with Crippen LogP contribution in [0.4, 0.5) is 11.5 Å². The number of aryl methyl sites for hydroxylation is 1. The van der Waals surface area contributed by atoms with Crippen molar-refractivity contribution in [1.82, 2.24) is 9.97 Å². The molecule has 0 unspecified atom stereocenters. The maximum absolute atomic E-state index is 11.9. The fourth-order valence-corrected chi connectivity index (χ4v) is 1.57. The van der Waals surface area contributed by atoms with Crippen molar-refractivity contribution in [1.29, 1.82) is 0 Å². The third kappa shape index (κ3) is 2.57. The van der Waals surface area contributed by atoms with Gasteiger partial charge in [0, 0.05) is 23.1 Å². The highest BCUT2D eigenvalue weighted by molar-refractivity contribution is 6.31. The number of nitrogens with zero attached hydrogens (tertiary/aromatic N) is 2. The summed E-state index contributed by atoms with van der Waals surface area (Å²) < 4.78 is 0. The van der Waals surface area contributed by atoms with E-state index < -0.39 is 5.91 Å². The Balaban J connectivity index is 2.22. The zero-order chi connectivity index (χ0) is 13.1. The van der Waals surface area contributed by atoms with Crippen LogP contribution in [0.1, 0.15) is 16.1 Å². The number of amides is 1. The van der Waals surface area contributed by atoms with Gasteiger partial charge in [-0.1, -0.05) is 17.7 Å². The molecule has 0 atom stereocenters. The van der Waals surface area contributed by atoms with Crippen molar-refractivity contribution in [2.24, 2.45) is 0 Å². The van der Waals surface area contributed by atoms with E-state index in [2.05, 4.69) is 15.3 Å². The summed E-state index contributed by atoms with van der Waals surface area (Å²) in [6.45, 7) is 1.88. The van der Waals surface area contributed by atoms with Crippen LogP contribution in [0, 0.1) is 6.92 Å². The molecule has 1 amide bonds. The molecule has 0 radical (unpaired) electrons. The third-order valence-corrected chi connectivity index (χ3v) is 2.78. The Labute approximate surface area is 109 Å². The minimum Gasteiger partial charge on any atom is -0.382 e. The number of anilines is 2. The van der Waals surface area contributed by atoms with Crippen molar-refractivity contribution in [2.75, 3.05) is 11.1 Å². The van der Waals surface area contributed by atoms with Crippen molar-refractivity contribution in [3.05, 3.63) is 46.9 Å². The Morgan fingerprint density at radius 1 is 1.33 bits per heavy atom. The summed E-state index contributed by atoms with van der Waals surface area (Å²) in [5.41, 5.74) is 7.18. The lowest BCUT2D eigenvalue weighted by Crippen LogP contribution is -2.16. The van der Waals surface area contributed by atoms with E-state index in [4.69, 9.17) is 17.3 Å². The monoisotopic (exact) mass is 262 g/mol. The van der Waals surface area contributed by atoms with Crippen LogP contribution in [0.5, 0.6) is 0 Å². The molecule has 18 heavy (non-hydrogen) atoms. The zero-order valence-corrected chi connectivity index (χ0v) is 10.4. The van der Waals surface area contributed by atoms with E-state index >= 15 is 0 Å². The second-order valence-corrected chi connectivity index (χ2v) is 4.12. The molecule has 0 saturated heterocycles. The highest BCUT2D eigenvalue weighted by atomic mass is 35.5. The quantitative estimate of drug-likeness (QED) is 0.870. The van der Waals surface area contributed by atoms with Gasteiger partial charge < -0.3 is 11.1 Å². The summed E-state index contributed by atoms with van der Waals surface area (Å²) in [5, 5.41) is 3.24. The second kappa shape index (κ2) is 5.01. The number of benzene rings is 1. The molecule has 1 aromatic heterocycles. The molecule has 0 aliphatic heterocycles. The van der Waals surface area contributed by atoms with Crippen LogP contribution in [0.15, 0.2) is 30.6 Å². The summed E-state index contributed by atoms with van der Waals surface area (Å²) in [6, 6.07) is 5.24. The number of carbonyl (C=O) groups is 1. The van der Waals surface area contributed by atoms with Crippen molar-refractivity contribution >= 4 is 29.0 Å². The average Bonchev–Trinajstić information content (AvgIpc) is 2.34. The van der Waals surface area contributed by atoms with Gasteiger partial charge in [0.15, 0.2) is 11.5 Å². The Hall–Kier alpha value is -2.14. The van der Waals surface area contributed by atoms with Gasteiger partial charge in [-0.3, -0.25) is 4.79 Å². The van der Waals surface area contributed by atoms with E-state index in [1.54, 1.807) is 12.1 Å². The van der Waals surface area contributed by atoms with Crippen molar-refractivity contribution in [3.8, 4) is 0 Å². The number of nitrogens with two attached hydrogens (primary N) is 1. The first kappa shape index (κ1) is 12.3. The van der Waals surface area contributed by atoms with Crippen LogP contribution in [0.2, 0.25) is 5.02 Å². The van der Waals surface area contributed by atoms with E-state index in [1.165, 1.54) is 12.4 Å². The Morgan fingerprint density at radius 3 is 2.72 bits per heavy atom. The number of aromatic nitrogens is 2. The van der Waals surface area contributed by atoms with Gasteiger partial charge in [0.25, 0.3) is 5.91 Å². The van der Waals surface area contributed by atoms with Gasteiger partial charge in [-0.25, -0.2) is 9.97 Å². The molecule has 0 bridgehead atoms. The van der Waals surface area contributed by atoms with Gasteiger partial charge in [-0.2, -0.15) is 0 Å². The average molecular weight is 263 g/mol. The molecular weight excluding hydrogens is 252 g/mol.